The summed E-state index contributed by atoms with van der Waals surface area (Å²) in [6.45, 7) is 3.77. The van der Waals surface area contributed by atoms with E-state index < -0.39 is 0 Å². The van der Waals surface area contributed by atoms with Crippen LogP contribution in [0.2, 0.25) is 0 Å². The zero-order chi connectivity index (χ0) is 15.2. The average molecular weight is 286 g/mol. The molecule has 21 heavy (non-hydrogen) atoms. The van der Waals surface area contributed by atoms with Crippen molar-refractivity contribution in [2.24, 2.45) is 0 Å². The van der Waals surface area contributed by atoms with Crippen molar-refractivity contribution < 1.29 is 14.3 Å². The number of hydrogen-bond acceptors (Lipinski definition) is 3. The highest BCUT2D eigenvalue weighted by Gasteiger charge is 2.11. The van der Waals surface area contributed by atoms with Crippen LogP contribution >= 0.6 is 0 Å². The first kappa shape index (κ1) is 14.8. The van der Waals surface area contributed by atoms with Crippen LogP contribution in [0.3, 0.4) is 0 Å². The Morgan fingerprint density at radius 2 is 2.10 bits per heavy atom. The van der Waals surface area contributed by atoms with Gasteiger partial charge in [-0.1, -0.05) is 25.1 Å². The number of ether oxygens (including phenoxy) is 1. The predicted molar refractivity (Wildman–Crippen MR) is 80.1 cm³/mol. The number of nitrogens with one attached hydrogen (secondary N) is 1. The molecule has 1 aromatic carbocycles. The molecule has 0 saturated carbocycles. The highest BCUT2D eigenvalue weighted by atomic mass is 16.6. The molecule has 1 aromatic heterocycles. The number of amides is 1. The van der Waals surface area contributed by atoms with Crippen molar-refractivity contribution in [3.05, 3.63) is 58.9 Å². The van der Waals surface area contributed by atoms with E-state index in [0.717, 1.165) is 23.2 Å². The summed E-state index contributed by atoms with van der Waals surface area (Å²) >= 11 is 0. The van der Waals surface area contributed by atoms with Gasteiger partial charge in [-0.25, -0.2) is 0 Å². The van der Waals surface area contributed by atoms with Crippen LogP contribution in [0, 0.1) is 12.1 Å². The molecule has 1 heterocycles. The Kier molecular flexibility index (Phi) is 4.77. The van der Waals surface area contributed by atoms with Gasteiger partial charge in [0.15, 0.2) is 12.8 Å². The van der Waals surface area contributed by atoms with Crippen molar-refractivity contribution >= 4 is 11.6 Å². The lowest BCUT2D eigenvalue weighted by Gasteiger charge is -2.13. The molecule has 0 saturated heterocycles. The van der Waals surface area contributed by atoms with Crippen molar-refractivity contribution in [1.82, 2.24) is 0 Å². The van der Waals surface area contributed by atoms with Crippen molar-refractivity contribution in [3.63, 3.8) is 0 Å². The summed E-state index contributed by atoms with van der Waals surface area (Å²) in [5.41, 5.74) is 2.89. The third kappa shape index (κ3) is 3.72. The van der Waals surface area contributed by atoms with Crippen LogP contribution in [-0.2, 0) is 11.2 Å². The Hall–Kier alpha value is -2.56. The summed E-state index contributed by atoms with van der Waals surface area (Å²) < 4.78 is 5.80. The molecule has 5 heteroatoms. The fourth-order valence-corrected chi connectivity index (χ4v) is 2.04. The van der Waals surface area contributed by atoms with Crippen molar-refractivity contribution in [2.75, 3.05) is 11.9 Å². The SMILES string of the molecule is CCc1cccc(C)c1NC(=O)COc1cccc[n+]1[O-]. The number of carbonyl (C=O) groups excluding carboxylic acids is 1. The highest BCUT2D eigenvalue weighted by Crippen LogP contribution is 2.20. The van der Waals surface area contributed by atoms with Gasteiger partial charge < -0.3 is 15.3 Å². The molecule has 0 aliphatic heterocycles. The normalized spacial score (nSPS) is 10.2. The van der Waals surface area contributed by atoms with Crippen LogP contribution in [0.4, 0.5) is 5.69 Å². The molecule has 2 aromatic rings. The summed E-state index contributed by atoms with van der Waals surface area (Å²) in [4.78, 5) is 12.0. The third-order valence-corrected chi connectivity index (χ3v) is 3.14. The second-order valence-corrected chi connectivity index (χ2v) is 4.66. The zero-order valence-corrected chi connectivity index (χ0v) is 12.1. The summed E-state index contributed by atoms with van der Waals surface area (Å²) in [6, 6.07) is 10.7. The molecule has 0 fully saturated rings. The van der Waals surface area contributed by atoms with Gasteiger partial charge in [0.1, 0.15) is 0 Å². The fourth-order valence-electron chi connectivity index (χ4n) is 2.04. The van der Waals surface area contributed by atoms with Crippen molar-refractivity contribution in [3.8, 4) is 5.88 Å². The summed E-state index contributed by atoms with van der Waals surface area (Å²) in [6.07, 6.45) is 2.15. The Morgan fingerprint density at radius 1 is 1.29 bits per heavy atom. The van der Waals surface area contributed by atoms with E-state index in [0.29, 0.717) is 4.73 Å². The first-order valence-electron chi connectivity index (χ1n) is 6.81. The van der Waals surface area contributed by atoms with Crippen LogP contribution in [-0.4, -0.2) is 12.5 Å². The predicted octanol–water partition coefficient (Wildman–Crippen LogP) is 2.21. The van der Waals surface area contributed by atoms with Crippen LogP contribution in [0.5, 0.6) is 5.88 Å². The number of rotatable bonds is 5. The minimum atomic E-state index is -0.289. The molecule has 2 rings (SSSR count). The molecule has 0 radical (unpaired) electrons. The van der Waals surface area contributed by atoms with E-state index >= 15 is 0 Å². The van der Waals surface area contributed by atoms with Crippen molar-refractivity contribution in [1.29, 1.82) is 0 Å². The first-order chi connectivity index (χ1) is 10.1. The fraction of sp³-hybridized carbons (Fsp3) is 0.250. The number of aryl methyl sites for hydroxylation is 2. The molecule has 0 spiro atoms. The summed E-state index contributed by atoms with van der Waals surface area (Å²) in [5, 5.41) is 14.2. The standard InChI is InChI=1S/C16H18N2O3/c1-3-13-8-6-7-12(2)16(13)17-14(19)11-21-15-9-4-5-10-18(15)20/h4-10H,3,11H2,1-2H3,(H,17,19). The monoisotopic (exact) mass is 286 g/mol. The number of aromatic nitrogens is 1. The molecular formula is C16H18N2O3. The van der Waals surface area contributed by atoms with Gasteiger partial charge >= 0.3 is 5.88 Å². The minimum Gasteiger partial charge on any atom is -0.616 e. The van der Waals surface area contributed by atoms with Crippen LogP contribution in [0.1, 0.15) is 18.1 Å². The molecule has 110 valence electrons. The number of para-hydroxylation sites is 1. The Morgan fingerprint density at radius 3 is 2.81 bits per heavy atom. The largest absolute Gasteiger partial charge is 0.616 e. The molecule has 0 unspecified atom stereocenters. The molecular weight excluding hydrogens is 268 g/mol. The van der Waals surface area contributed by atoms with E-state index in [1.807, 2.05) is 32.0 Å². The van der Waals surface area contributed by atoms with Crippen LogP contribution in [0.25, 0.3) is 0 Å². The number of benzene rings is 1. The Bertz CT molecular complexity index is 641. The maximum absolute atomic E-state index is 12.0. The van der Waals surface area contributed by atoms with Crippen LogP contribution < -0.4 is 14.8 Å². The molecule has 5 nitrogen and oxygen atoms in total. The number of carbonyl (C=O) groups is 1. The minimum absolute atomic E-state index is 0.105. The smallest absolute Gasteiger partial charge is 0.379 e. The summed E-state index contributed by atoms with van der Waals surface area (Å²) in [7, 11) is 0. The maximum Gasteiger partial charge on any atom is 0.379 e. The van der Waals surface area contributed by atoms with Crippen molar-refractivity contribution in [2.45, 2.75) is 20.3 Å². The second kappa shape index (κ2) is 6.74. The molecule has 1 amide bonds. The lowest BCUT2D eigenvalue weighted by Crippen LogP contribution is -2.31. The van der Waals surface area contributed by atoms with Gasteiger partial charge in [0.25, 0.3) is 5.91 Å². The molecule has 0 bridgehead atoms. The lowest BCUT2D eigenvalue weighted by atomic mass is 10.1. The van der Waals surface area contributed by atoms with Gasteiger partial charge in [-0.2, -0.15) is 0 Å². The first-order valence-corrected chi connectivity index (χ1v) is 6.81. The zero-order valence-electron chi connectivity index (χ0n) is 12.1. The van der Waals surface area contributed by atoms with Gasteiger partial charge in [-0.3, -0.25) is 4.79 Å². The van der Waals surface area contributed by atoms with Gasteiger partial charge in [0.05, 0.1) is 6.07 Å². The number of pyridine rings is 1. The maximum atomic E-state index is 12.0. The molecule has 0 aliphatic carbocycles. The number of anilines is 1. The van der Waals surface area contributed by atoms with Crippen LogP contribution in [0.15, 0.2) is 42.6 Å². The molecule has 0 atom stereocenters. The van der Waals surface area contributed by atoms with E-state index in [2.05, 4.69) is 5.32 Å². The number of nitrogens with zero attached hydrogens (tertiary/aromatic N) is 1. The third-order valence-electron chi connectivity index (χ3n) is 3.14. The van der Waals surface area contributed by atoms with E-state index in [4.69, 9.17) is 4.74 Å². The van der Waals surface area contributed by atoms with E-state index in [-0.39, 0.29) is 18.4 Å². The van der Waals surface area contributed by atoms with Gasteiger partial charge in [0.2, 0.25) is 0 Å². The molecule has 1 N–H and O–H groups in total. The second-order valence-electron chi connectivity index (χ2n) is 4.66. The lowest BCUT2D eigenvalue weighted by molar-refractivity contribution is -0.612. The number of hydrogen-bond donors (Lipinski definition) is 1. The van der Waals surface area contributed by atoms with E-state index in [1.165, 1.54) is 12.3 Å². The Balaban J connectivity index is 2.01. The highest BCUT2D eigenvalue weighted by molar-refractivity contribution is 5.93. The topological polar surface area (TPSA) is 65.3 Å². The quantitative estimate of drug-likeness (QED) is 0.677. The average Bonchev–Trinajstić information content (AvgIpc) is 2.48. The van der Waals surface area contributed by atoms with Gasteiger partial charge in [-0.15, -0.1) is 4.73 Å². The Labute approximate surface area is 123 Å². The van der Waals surface area contributed by atoms with Gasteiger partial charge in [-0.05, 0) is 30.5 Å². The van der Waals surface area contributed by atoms with Gasteiger partial charge in [0, 0.05) is 11.8 Å². The molecule has 0 aliphatic rings. The van der Waals surface area contributed by atoms with E-state index in [9.17, 15) is 10.0 Å². The van der Waals surface area contributed by atoms with E-state index in [1.54, 1.807) is 12.1 Å². The summed E-state index contributed by atoms with van der Waals surface area (Å²) in [5.74, 6) is -0.184.